The first kappa shape index (κ1) is 19.3. The average Bonchev–Trinajstić information content (AvgIpc) is 3.52. The van der Waals surface area contributed by atoms with E-state index < -0.39 is 6.09 Å². The van der Waals surface area contributed by atoms with Crippen LogP contribution < -0.4 is 5.32 Å². The SMILES string of the molecule is Cc1ccc(NC(=O)O)cc1Cl.O=C1C=C(N2CC2)C(=O)C(N2CC2)=C1N1CC1. The van der Waals surface area contributed by atoms with Gasteiger partial charge in [-0.25, -0.2) is 4.79 Å². The number of halogens is 1. The highest BCUT2D eigenvalue weighted by molar-refractivity contribution is 6.31. The summed E-state index contributed by atoms with van der Waals surface area (Å²) in [6, 6.07) is 4.99. The van der Waals surface area contributed by atoms with E-state index in [0.29, 0.717) is 27.8 Å². The molecule has 9 heteroatoms. The highest BCUT2D eigenvalue weighted by atomic mass is 35.5. The van der Waals surface area contributed by atoms with Gasteiger partial charge in [-0.15, -0.1) is 0 Å². The van der Waals surface area contributed by atoms with Gasteiger partial charge in [0.2, 0.25) is 11.6 Å². The topological polar surface area (TPSA) is 92.5 Å². The monoisotopic (exact) mass is 416 g/mol. The normalized spacial score (nSPS) is 19.5. The molecule has 3 heterocycles. The van der Waals surface area contributed by atoms with Crippen LogP contribution in [0.4, 0.5) is 10.5 Å². The molecule has 0 radical (unpaired) electrons. The first-order chi connectivity index (χ1) is 13.8. The van der Waals surface area contributed by atoms with Crippen molar-refractivity contribution in [3.63, 3.8) is 0 Å². The number of ketones is 2. The number of carboxylic acid groups (broad SMARTS) is 1. The summed E-state index contributed by atoms with van der Waals surface area (Å²) in [5, 5.41) is 11.1. The largest absolute Gasteiger partial charge is 0.465 e. The molecule has 1 aliphatic carbocycles. The second-order valence-electron chi connectivity index (χ2n) is 7.28. The minimum Gasteiger partial charge on any atom is -0.465 e. The number of carbonyl (C=O) groups excluding carboxylic acids is 2. The third-order valence-corrected chi connectivity index (χ3v) is 5.32. The van der Waals surface area contributed by atoms with Crippen LogP contribution in [-0.2, 0) is 9.59 Å². The molecule has 0 unspecified atom stereocenters. The lowest BCUT2D eigenvalue weighted by Crippen LogP contribution is -2.29. The number of hydrogen-bond donors (Lipinski definition) is 2. The number of allylic oxidation sites excluding steroid dienone is 1. The highest BCUT2D eigenvalue weighted by Crippen LogP contribution is 2.33. The Kier molecular flexibility index (Phi) is 4.96. The van der Waals surface area contributed by atoms with Crippen LogP contribution in [0.2, 0.25) is 5.02 Å². The van der Waals surface area contributed by atoms with E-state index in [4.69, 9.17) is 16.7 Å². The first-order valence-electron chi connectivity index (χ1n) is 9.41. The van der Waals surface area contributed by atoms with Gasteiger partial charge in [0.05, 0.1) is 5.70 Å². The quantitative estimate of drug-likeness (QED) is 0.572. The van der Waals surface area contributed by atoms with Crippen molar-refractivity contribution in [1.29, 1.82) is 0 Å². The second kappa shape index (κ2) is 7.44. The zero-order chi connectivity index (χ0) is 20.7. The molecule has 2 N–H and O–H groups in total. The summed E-state index contributed by atoms with van der Waals surface area (Å²) in [6.45, 7) is 7.26. The summed E-state index contributed by atoms with van der Waals surface area (Å²) in [5.74, 6) is 0.0485. The maximum atomic E-state index is 12.4. The van der Waals surface area contributed by atoms with Crippen molar-refractivity contribution >= 4 is 34.9 Å². The van der Waals surface area contributed by atoms with Crippen LogP contribution in [0.25, 0.3) is 0 Å². The summed E-state index contributed by atoms with van der Waals surface area (Å²) in [6.07, 6.45) is 0.436. The van der Waals surface area contributed by atoms with Crippen molar-refractivity contribution in [1.82, 2.24) is 14.7 Å². The lowest BCUT2D eigenvalue weighted by atomic mass is 10.0. The van der Waals surface area contributed by atoms with Crippen molar-refractivity contribution in [3.8, 4) is 0 Å². The van der Waals surface area contributed by atoms with E-state index in [1.54, 1.807) is 18.2 Å². The molecule has 1 aromatic rings. The number of nitrogens with zero attached hydrogens (tertiary/aromatic N) is 3. The van der Waals surface area contributed by atoms with E-state index in [2.05, 4.69) is 5.32 Å². The molecule has 0 aromatic heterocycles. The lowest BCUT2D eigenvalue weighted by molar-refractivity contribution is -0.117. The summed E-state index contributed by atoms with van der Waals surface area (Å²) < 4.78 is 0. The van der Waals surface area contributed by atoms with Crippen LogP contribution in [0.3, 0.4) is 0 Å². The van der Waals surface area contributed by atoms with Gasteiger partial charge in [-0.05, 0) is 24.6 Å². The Labute approximate surface area is 173 Å². The van der Waals surface area contributed by atoms with E-state index in [-0.39, 0.29) is 11.6 Å². The molecule has 1 aromatic carbocycles. The molecule has 4 aliphatic rings. The summed E-state index contributed by atoms with van der Waals surface area (Å²) in [7, 11) is 0. The van der Waals surface area contributed by atoms with Crippen molar-refractivity contribution in [2.45, 2.75) is 6.92 Å². The number of Topliss-reactive ketones (excluding diaryl/α,β-unsaturated/α-hetero) is 1. The van der Waals surface area contributed by atoms with E-state index in [0.717, 1.165) is 44.8 Å². The predicted octanol–water partition coefficient (Wildman–Crippen LogP) is 1.92. The molecule has 3 fully saturated rings. The maximum Gasteiger partial charge on any atom is 0.409 e. The zero-order valence-corrected chi connectivity index (χ0v) is 16.7. The van der Waals surface area contributed by atoms with Crippen molar-refractivity contribution in [3.05, 3.63) is 52.0 Å². The summed E-state index contributed by atoms with van der Waals surface area (Å²) in [4.78, 5) is 40.7. The number of carbonyl (C=O) groups is 3. The van der Waals surface area contributed by atoms with Crippen LogP contribution in [0, 0.1) is 6.92 Å². The number of amides is 1. The molecule has 152 valence electrons. The molecule has 0 saturated carbocycles. The standard InChI is InChI=1S/C12H13N3O2.C8H8ClNO2/c16-9-7-8(13-1-2-13)12(17)11(15-5-6-15)10(9)14-3-4-14;1-5-2-3-6(4-7(5)9)10-8(11)12/h7H,1-6H2;2-4,10H,1H3,(H,11,12). The number of aryl methyl sites for hydroxylation is 1. The van der Waals surface area contributed by atoms with Gasteiger partial charge in [0.25, 0.3) is 0 Å². The Morgan fingerprint density at radius 3 is 2.10 bits per heavy atom. The molecule has 0 bridgehead atoms. The van der Waals surface area contributed by atoms with Crippen LogP contribution in [0.5, 0.6) is 0 Å². The van der Waals surface area contributed by atoms with Gasteiger partial charge in [-0.2, -0.15) is 0 Å². The smallest absolute Gasteiger partial charge is 0.409 e. The van der Waals surface area contributed by atoms with Gasteiger partial charge in [0, 0.05) is 56.1 Å². The molecule has 3 aliphatic heterocycles. The molecule has 8 nitrogen and oxygen atoms in total. The molecule has 0 atom stereocenters. The average molecular weight is 417 g/mol. The predicted molar refractivity (Wildman–Crippen MR) is 108 cm³/mol. The Balaban J connectivity index is 0.000000152. The van der Waals surface area contributed by atoms with E-state index >= 15 is 0 Å². The molecular weight excluding hydrogens is 396 g/mol. The van der Waals surface area contributed by atoms with E-state index in [1.807, 2.05) is 21.6 Å². The molecule has 1 amide bonds. The fraction of sp³-hybridized carbons (Fsp3) is 0.350. The number of anilines is 1. The number of rotatable bonds is 4. The van der Waals surface area contributed by atoms with Crippen LogP contribution in [0.1, 0.15) is 5.56 Å². The fourth-order valence-electron chi connectivity index (χ4n) is 3.07. The first-order valence-corrected chi connectivity index (χ1v) is 9.79. The maximum absolute atomic E-state index is 12.4. The molecular formula is C20H21ClN4O4. The summed E-state index contributed by atoms with van der Waals surface area (Å²) >= 11 is 5.76. The van der Waals surface area contributed by atoms with Crippen LogP contribution >= 0.6 is 11.6 Å². The third kappa shape index (κ3) is 4.37. The zero-order valence-electron chi connectivity index (χ0n) is 15.9. The Morgan fingerprint density at radius 1 is 1.00 bits per heavy atom. The van der Waals surface area contributed by atoms with Crippen molar-refractivity contribution in [2.75, 3.05) is 44.6 Å². The molecule has 0 spiro atoms. The van der Waals surface area contributed by atoms with Crippen LogP contribution in [-0.4, -0.2) is 76.7 Å². The van der Waals surface area contributed by atoms with Gasteiger partial charge in [-0.3, -0.25) is 14.9 Å². The second-order valence-corrected chi connectivity index (χ2v) is 7.68. The van der Waals surface area contributed by atoms with E-state index in [9.17, 15) is 14.4 Å². The van der Waals surface area contributed by atoms with Gasteiger partial charge in [0.15, 0.2) is 0 Å². The van der Waals surface area contributed by atoms with Crippen molar-refractivity contribution < 1.29 is 19.5 Å². The van der Waals surface area contributed by atoms with Gasteiger partial charge >= 0.3 is 6.09 Å². The Hall–Kier alpha value is -3.00. The minimum absolute atomic E-state index is 0.00546. The molecule has 29 heavy (non-hydrogen) atoms. The number of nitrogens with one attached hydrogen (secondary N) is 1. The van der Waals surface area contributed by atoms with E-state index in [1.165, 1.54) is 6.08 Å². The Bertz CT molecular complexity index is 959. The lowest BCUT2D eigenvalue weighted by Gasteiger charge is -2.21. The van der Waals surface area contributed by atoms with Gasteiger partial charge in [0.1, 0.15) is 11.4 Å². The highest BCUT2D eigenvalue weighted by Gasteiger charge is 2.43. The molecule has 5 rings (SSSR count). The van der Waals surface area contributed by atoms with Crippen LogP contribution in [0.15, 0.2) is 41.4 Å². The Morgan fingerprint density at radius 2 is 1.59 bits per heavy atom. The number of hydrogen-bond acceptors (Lipinski definition) is 6. The van der Waals surface area contributed by atoms with Gasteiger partial charge < -0.3 is 19.8 Å². The van der Waals surface area contributed by atoms with Crippen molar-refractivity contribution in [2.24, 2.45) is 0 Å². The molecule has 3 saturated heterocycles. The van der Waals surface area contributed by atoms with Gasteiger partial charge in [-0.1, -0.05) is 17.7 Å². The summed E-state index contributed by atoms with van der Waals surface area (Å²) in [5.41, 5.74) is 3.29. The number of benzene rings is 1. The minimum atomic E-state index is -1.09. The fourth-order valence-corrected chi connectivity index (χ4v) is 3.25. The third-order valence-electron chi connectivity index (χ3n) is 4.91.